The first-order valence-corrected chi connectivity index (χ1v) is 3.76. The van der Waals surface area contributed by atoms with E-state index in [1.807, 2.05) is 0 Å². The summed E-state index contributed by atoms with van der Waals surface area (Å²) in [7, 11) is 0. The van der Waals surface area contributed by atoms with Crippen LogP contribution in [0.2, 0.25) is 0 Å². The van der Waals surface area contributed by atoms with Crippen molar-refractivity contribution in [2.75, 3.05) is 13.1 Å². The molecule has 1 rings (SSSR count). The van der Waals surface area contributed by atoms with Gasteiger partial charge in [0.15, 0.2) is 0 Å². The molecule has 1 aliphatic heterocycles. The van der Waals surface area contributed by atoms with Crippen LogP contribution in [0.3, 0.4) is 0 Å². The van der Waals surface area contributed by atoms with Gasteiger partial charge in [-0.05, 0) is 13.8 Å². The summed E-state index contributed by atoms with van der Waals surface area (Å²) in [5.74, 6) is -7.73. The largest absolute Gasteiger partial charge is 0.323 e. The van der Waals surface area contributed by atoms with Gasteiger partial charge in [-0.25, -0.2) is 0 Å². The Hall–Kier alpha value is -0.320. The zero-order valence-electron chi connectivity index (χ0n) is 6.95. The van der Waals surface area contributed by atoms with Gasteiger partial charge in [0.1, 0.15) is 0 Å². The topological polar surface area (TPSA) is 3.24 Å². The van der Waals surface area contributed by atoms with Crippen molar-refractivity contribution in [2.45, 2.75) is 31.7 Å². The van der Waals surface area contributed by atoms with Crippen molar-refractivity contribution in [2.24, 2.45) is 0 Å². The number of alkyl halides is 4. The highest BCUT2D eigenvalue weighted by atomic mass is 19.3. The van der Waals surface area contributed by atoms with Crippen molar-refractivity contribution in [1.82, 2.24) is 4.90 Å². The summed E-state index contributed by atoms with van der Waals surface area (Å²) < 4.78 is 50.2. The van der Waals surface area contributed by atoms with Crippen LogP contribution in [0.15, 0.2) is 0 Å². The molecule has 1 aliphatic rings. The Labute approximate surface area is 68.3 Å². The summed E-state index contributed by atoms with van der Waals surface area (Å²) in [6, 6.07) is -0.260. The van der Waals surface area contributed by atoms with Gasteiger partial charge in [0.05, 0.1) is 13.1 Å². The number of halogens is 4. The van der Waals surface area contributed by atoms with Crippen LogP contribution in [0, 0.1) is 0 Å². The van der Waals surface area contributed by atoms with Gasteiger partial charge < -0.3 is 0 Å². The third-order valence-electron chi connectivity index (χ3n) is 2.07. The second kappa shape index (κ2) is 2.58. The van der Waals surface area contributed by atoms with E-state index in [4.69, 9.17) is 0 Å². The van der Waals surface area contributed by atoms with E-state index >= 15 is 0 Å². The molecule has 0 radical (unpaired) electrons. The lowest BCUT2D eigenvalue weighted by Crippen LogP contribution is -2.38. The minimum atomic E-state index is -3.86. The average Bonchev–Trinajstić information content (AvgIpc) is 2.03. The van der Waals surface area contributed by atoms with Crippen LogP contribution in [-0.2, 0) is 0 Å². The van der Waals surface area contributed by atoms with Crippen molar-refractivity contribution < 1.29 is 17.6 Å². The van der Waals surface area contributed by atoms with Gasteiger partial charge in [0.25, 0.3) is 0 Å². The monoisotopic (exact) mass is 185 g/mol. The lowest BCUT2D eigenvalue weighted by atomic mass is 10.2. The molecule has 0 saturated carbocycles. The molecule has 5 heteroatoms. The molecule has 0 N–H and O–H groups in total. The minimum absolute atomic E-state index is 0.260. The minimum Gasteiger partial charge on any atom is -0.289 e. The molecule has 0 aromatic rings. The first-order valence-electron chi connectivity index (χ1n) is 3.76. The normalized spacial score (nSPS) is 28.2. The van der Waals surface area contributed by atoms with Crippen LogP contribution in [0.4, 0.5) is 17.6 Å². The maximum absolute atomic E-state index is 12.5. The molecule has 0 bridgehead atoms. The molecule has 0 spiro atoms. The fourth-order valence-electron chi connectivity index (χ4n) is 1.16. The quantitative estimate of drug-likeness (QED) is 0.564. The average molecular weight is 185 g/mol. The molecule has 12 heavy (non-hydrogen) atoms. The second-order valence-electron chi connectivity index (χ2n) is 3.41. The van der Waals surface area contributed by atoms with E-state index in [0.717, 1.165) is 4.90 Å². The molecule has 0 aromatic carbocycles. The number of rotatable bonds is 1. The zero-order valence-corrected chi connectivity index (χ0v) is 6.95. The summed E-state index contributed by atoms with van der Waals surface area (Å²) in [5, 5.41) is 0. The Morgan fingerprint density at radius 2 is 1.33 bits per heavy atom. The van der Waals surface area contributed by atoms with E-state index in [1.54, 1.807) is 13.8 Å². The molecule has 72 valence electrons. The Morgan fingerprint density at radius 3 is 1.50 bits per heavy atom. The van der Waals surface area contributed by atoms with Gasteiger partial charge in [-0.1, -0.05) is 0 Å². The molecule has 1 fully saturated rings. The molecule has 0 unspecified atom stereocenters. The molecule has 0 aromatic heterocycles. The molecule has 0 atom stereocenters. The second-order valence-corrected chi connectivity index (χ2v) is 3.41. The smallest absolute Gasteiger partial charge is 0.289 e. The van der Waals surface area contributed by atoms with Crippen molar-refractivity contribution in [3.05, 3.63) is 0 Å². The van der Waals surface area contributed by atoms with Gasteiger partial charge in [0.2, 0.25) is 0 Å². The van der Waals surface area contributed by atoms with Crippen LogP contribution in [0.5, 0.6) is 0 Å². The highest BCUT2D eigenvalue weighted by Crippen LogP contribution is 2.41. The van der Waals surface area contributed by atoms with Gasteiger partial charge in [-0.3, -0.25) is 4.90 Å². The van der Waals surface area contributed by atoms with Crippen molar-refractivity contribution in [3.63, 3.8) is 0 Å². The van der Waals surface area contributed by atoms with Gasteiger partial charge in [0, 0.05) is 6.04 Å². The lowest BCUT2D eigenvalue weighted by Gasteiger charge is -2.18. The predicted octanol–water partition coefficient (Wildman–Crippen LogP) is 1.98. The summed E-state index contributed by atoms with van der Waals surface area (Å²) in [6.07, 6.45) is 0. The number of likely N-dealkylation sites (tertiary alicyclic amines) is 1. The maximum Gasteiger partial charge on any atom is 0.323 e. The van der Waals surface area contributed by atoms with Gasteiger partial charge >= 0.3 is 11.8 Å². The number of nitrogens with zero attached hydrogens (tertiary/aromatic N) is 1. The molecule has 1 heterocycles. The van der Waals surface area contributed by atoms with Crippen molar-refractivity contribution >= 4 is 0 Å². The maximum atomic E-state index is 12.5. The predicted molar refractivity (Wildman–Crippen MR) is 36.6 cm³/mol. The van der Waals surface area contributed by atoms with Crippen LogP contribution >= 0.6 is 0 Å². The van der Waals surface area contributed by atoms with Crippen LogP contribution in [0.1, 0.15) is 13.8 Å². The molecule has 0 amide bonds. The van der Waals surface area contributed by atoms with E-state index in [9.17, 15) is 17.6 Å². The number of hydrogen-bond acceptors (Lipinski definition) is 1. The Balaban J connectivity index is 2.74. The van der Waals surface area contributed by atoms with E-state index in [1.165, 1.54) is 0 Å². The summed E-state index contributed by atoms with van der Waals surface area (Å²) in [4.78, 5) is 1.08. The van der Waals surface area contributed by atoms with Crippen molar-refractivity contribution in [1.29, 1.82) is 0 Å². The molecular formula is C7H11F4N. The van der Waals surface area contributed by atoms with E-state index in [-0.39, 0.29) is 6.04 Å². The van der Waals surface area contributed by atoms with Crippen molar-refractivity contribution in [3.8, 4) is 0 Å². The lowest BCUT2D eigenvalue weighted by molar-refractivity contribution is -0.172. The van der Waals surface area contributed by atoms with E-state index in [0.29, 0.717) is 0 Å². The van der Waals surface area contributed by atoms with E-state index < -0.39 is 24.9 Å². The highest BCUT2D eigenvalue weighted by Gasteiger charge is 2.62. The third-order valence-corrected chi connectivity index (χ3v) is 2.07. The highest BCUT2D eigenvalue weighted by molar-refractivity contribution is 4.97. The summed E-state index contributed by atoms with van der Waals surface area (Å²) in [6.45, 7) is 1.57. The summed E-state index contributed by atoms with van der Waals surface area (Å²) in [5.41, 5.74) is 0. The molecular weight excluding hydrogens is 174 g/mol. The fraction of sp³-hybridized carbons (Fsp3) is 1.00. The number of hydrogen-bond donors (Lipinski definition) is 0. The fourth-order valence-corrected chi connectivity index (χ4v) is 1.16. The van der Waals surface area contributed by atoms with Gasteiger partial charge in [-0.15, -0.1) is 0 Å². The SMILES string of the molecule is CC(C)N1CC(F)(F)C(F)(F)C1. The van der Waals surface area contributed by atoms with Crippen LogP contribution < -0.4 is 0 Å². The van der Waals surface area contributed by atoms with Crippen LogP contribution in [0.25, 0.3) is 0 Å². The van der Waals surface area contributed by atoms with E-state index in [2.05, 4.69) is 0 Å². The summed E-state index contributed by atoms with van der Waals surface area (Å²) >= 11 is 0. The first kappa shape index (κ1) is 9.77. The molecule has 1 nitrogen and oxygen atoms in total. The van der Waals surface area contributed by atoms with Gasteiger partial charge in [-0.2, -0.15) is 17.6 Å². The molecule has 1 saturated heterocycles. The molecule has 0 aliphatic carbocycles. The first-order chi connectivity index (χ1) is 5.26. The Kier molecular flexibility index (Phi) is 2.10. The Morgan fingerprint density at radius 1 is 1.00 bits per heavy atom. The standard InChI is InChI=1S/C7H11F4N/c1-5(2)12-3-6(8,9)7(10,11)4-12/h5H,3-4H2,1-2H3. The van der Waals surface area contributed by atoms with Crippen LogP contribution in [-0.4, -0.2) is 35.9 Å². The zero-order chi connectivity index (χ0) is 9.57. The Bertz CT molecular complexity index is 162. The third kappa shape index (κ3) is 1.42.